The summed E-state index contributed by atoms with van der Waals surface area (Å²) in [5, 5.41) is 12.8. The molecule has 1 unspecified atom stereocenters. The largest absolute Gasteiger partial charge is 0.392 e. The lowest BCUT2D eigenvalue weighted by molar-refractivity contribution is 0.0779. The SMILES string of the molecule is CC(O)CN1CCC(CNCCOC(C)C)CC1. The van der Waals surface area contributed by atoms with E-state index in [4.69, 9.17) is 4.74 Å². The van der Waals surface area contributed by atoms with E-state index < -0.39 is 0 Å². The van der Waals surface area contributed by atoms with Gasteiger partial charge in [-0.3, -0.25) is 0 Å². The van der Waals surface area contributed by atoms with Crippen LogP contribution in [0.2, 0.25) is 0 Å². The minimum atomic E-state index is -0.201. The molecule has 0 radical (unpaired) electrons. The molecule has 108 valence electrons. The summed E-state index contributed by atoms with van der Waals surface area (Å²) in [6, 6.07) is 0. The van der Waals surface area contributed by atoms with Gasteiger partial charge in [-0.15, -0.1) is 0 Å². The van der Waals surface area contributed by atoms with Crippen LogP contribution in [-0.2, 0) is 4.74 Å². The second-order valence-corrected chi connectivity index (χ2v) is 5.72. The normalized spacial score (nSPS) is 20.5. The number of hydrogen-bond acceptors (Lipinski definition) is 4. The molecule has 4 heteroatoms. The van der Waals surface area contributed by atoms with E-state index in [0.717, 1.165) is 45.2 Å². The molecule has 0 aromatic rings. The molecule has 1 atom stereocenters. The van der Waals surface area contributed by atoms with E-state index in [1.54, 1.807) is 0 Å². The van der Waals surface area contributed by atoms with Crippen LogP contribution >= 0.6 is 0 Å². The molecule has 0 spiro atoms. The second-order valence-electron chi connectivity index (χ2n) is 5.72. The zero-order chi connectivity index (χ0) is 13.4. The molecule has 0 saturated carbocycles. The number of aliphatic hydroxyl groups is 1. The number of rotatable bonds is 8. The zero-order valence-electron chi connectivity index (χ0n) is 12.2. The highest BCUT2D eigenvalue weighted by atomic mass is 16.5. The van der Waals surface area contributed by atoms with E-state index in [1.165, 1.54) is 12.8 Å². The van der Waals surface area contributed by atoms with Crippen LogP contribution in [0.15, 0.2) is 0 Å². The fourth-order valence-electron chi connectivity index (χ4n) is 2.42. The van der Waals surface area contributed by atoms with E-state index in [9.17, 15) is 5.11 Å². The molecular weight excluding hydrogens is 228 g/mol. The van der Waals surface area contributed by atoms with Crippen LogP contribution in [0.1, 0.15) is 33.6 Å². The Bertz CT molecular complexity index is 202. The highest BCUT2D eigenvalue weighted by molar-refractivity contribution is 4.74. The zero-order valence-corrected chi connectivity index (χ0v) is 12.2. The van der Waals surface area contributed by atoms with Crippen LogP contribution in [0, 0.1) is 5.92 Å². The van der Waals surface area contributed by atoms with Gasteiger partial charge in [-0.05, 0) is 59.2 Å². The molecule has 18 heavy (non-hydrogen) atoms. The van der Waals surface area contributed by atoms with Gasteiger partial charge in [0.25, 0.3) is 0 Å². The van der Waals surface area contributed by atoms with E-state index in [1.807, 2.05) is 6.92 Å². The number of β-amino-alcohol motifs (C(OH)–C–C–N with tert-alkyl or cyclic N) is 1. The average molecular weight is 258 g/mol. The maximum Gasteiger partial charge on any atom is 0.0639 e. The first-order chi connectivity index (χ1) is 8.58. The molecule has 1 heterocycles. The maximum atomic E-state index is 9.35. The predicted octanol–water partition coefficient (Wildman–Crippen LogP) is 1.09. The van der Waals surface area contributed by atoms with Gasteiger partial charge in [-0.2, -0.15) is 0 Å². The predicted molar refractivity (Wildman–Crippen MR) is 74.8 cm³/mol. The van der Waals surface area contributed by atoms with E-state index in [2.05, 4.69) is 24.1 Å². The third-order valence-electron chi connectivity index (χ3n) is 3.39. The molecule has 4 nitrogen and oxygen atoms in total. The number of nitrogens with one attached hydrogen (secondary N) is 1. The number of likely N-dealkylation sites (tertiary alicyclic amines) is 1. The number of nitrogens with zero attached hydrogens (tertiary/aromatic N) is 1. The Balaban J connectivity index is 1.98. The molecule has 0 aliphatic carbocycles. The standard InChI is InChI=1S/C14H30N2O2/c1-12(2)18-9-6-15-10-14-4-7-16(8-5-14)11-13(3)17/h12-15,17H,4-11H2,1-3H3. The molecule has 1 fully saturated rings. The Morgan fingerprint density at radius 3 is 2.50 bits per heavy atom. The van der Waals surface area contributed by atoms with Crippen molar-refractivity contribution in [3.63, 3.8) is 0 Å². The minimum absolute atomic E-state index is 0.201. The van der Waals surface area contributed by atoms with Gasteiger partial charge in [-0.25, -0.2) is 0 Å². The van der Waals surface area contributed by atoms with Gasteiger partial charge < -0.3 is 20.1 Å². The molecule has 1 rings (SSSR count). The summed E-state index contributed by atoms with van der Waals surface area (Å²) < 4.78 is 5.49. The first-order valence-electron chi connectivity index (χ1n) is 7.30. The van der Waals surface area contributed by atoms with Gasteiger partial charge >= 0.3 is 0 Å². The van der Waals surface area contributed by atoms with Crippen molar-refractivity contribution in [1.82, 2.24) is 10.2 Å². The Morgan fingerprint density at radius 2 is 1.94 bits per heavy atom. The Morgan fingerprint density at radius 1 is 1.28 bits per heavy atom. The Labute approximate surface area is 112 Å². The summed E-state index contributed by atoms with van der Waals surface area (Å²) in [5.74, 6) is 0.786. The molecule has 0 aromatic carbocycles. The van der Waals surface area contributed by atoms with Crippen LogP contribution in [0.4, 0.5) is 0 Å². The molecule has 0 amide bonds. The van der Waals surface area contributed by atoms with E-state index in [-0.39, 0.29) is 6.10 Å². The Kier molecular flexibility index (Phi) is 7.82. The van der Waals surface area contributed by atoms with Gasteiger partial charge in [0, 0.05) is 13.1 Å². The van der Waals surface area contributed by atoms with Gasteiger partial charge in [-0.1, -0.05) is 0 Å². The van der Waals surface area contributed by atoms with Crippen molar-refractivity contribution in [1.29, 1.82) is 0 Å². The number of aliphatic hydroxyl groups excluding tert-OH is 1. The first kappa shape index (κ1) is 15.9. The summed E-state index contributed by atoms with van der Waals surface area (Å²) in [6.45, 7) is 11.9. The average Bonchev–Trinajstić information content (AvgIpc) is 2.30. The Hall–Kier alpha value is -0.160. The summed E-state index contributed by atoms with van der Waals surface area (Å²) in [4.78, 5) is 2.36. The summed E-state index contributed by atoms with van der Waals surface area (Å²) in [5.41, 5.74) is 0. The third-order valence-corrected chi connectivity index (χ3v) is 3.39. The van der Waals surface area contributed by atoms with Crippen molar-refractivity contribution < 1.29 is 9.84 Å². The van der Waals surface area contributed by atoms with Crippen molar-refractivity contribution in [2.45, 2.75) is 45.8 Å². The maximum absolute atomic E-state index is 9.35. The van der Waals surface area contributed by atoms with Crippen LogP contribution in [-0.4, -0.2) is 61.5 Å². The highest BCUT2D eigenvalue weighted by Crippen LogP contribution is 2.16. The quantitative estimate of drug-likeness (QED) is 0.640. The summed E-state index contributed by atoms with van der Waals surface area (Å²) >= 11 is 0. The first-order valence-corrected chi connectivity index (χ1v) is 7.30. The lowest BCUT2D eigenvalue weighted by Crippen LogP contribution is -2.40. The molecule has 0 aromatic heterocycles. The fourth-order valence-corrected chi connectivity index (χ4v) is 2.42. The molecule has 1 saturated heterocycles. The van der Waals surface area contributed by atoms with E-state index >= 15 is 0 Å². The lowest BCUT2D eigenvalue weighted by Gasteiger charge is -2.32. The van der Waals surface area contributed by atoms with Gasteiger partial charge in [0.2, 0.25) is 0 Å². The molecule has 1 aliphatic heterocycles. The van der Waals surface area contributed by atoms with Crippen molar-refractivity contribution in [2.75, 3.05) is 39.3 Å². The van der Waals surface area contributed by atoms with Crippen LogP contribution in [0.5, 0.6) is 0 Å². The summed E-state index contributed by atoms with van der Waals surface area (Å²) in [6.07, 6.45) is 2.61. The van der Waals surface area contributed by atoms with Gasteiger partial charge in [0.05, 0.1) is 18.8 Å². The van der Waals surface area contributed by atoms with E-state index in [0.29, 0.717) is 6.10 Å². The van der Waals surface area contributed by atoms with Gasteiger partial charge in [0.15, 0.2) is 0 Å². The van der Waals surface area contributed by atoms with Gasteiger partial charge in [0.1, 0.15) is 0 Å². The van der Waals surface area contributed by atoms with Crippen LogP contribution in [0.25, 0.3) is 0 Å². The number of ether oxygens (including phenoxy) is 1. The highest BCUT2D eigenvalue weighted by Gasteiger charge is 2.19. The van der Waals surface area contributed by atoms with Crippen molar-refractivity contribution in [3.8, 4) is 0 Å². The fraction of sp³-hybridized carbons (Fsp3) is 1.00. The van der Waals surface area contributed by atoms with Crippen LogP contribution in [0.3, 0.4) is 0 Å². The third kappa shape index (κ3) is 7.31. The van der Waals surface area contributed by atoms with Crippen molar-refractivity contribution in [2.24, 2.45) is 5.92 Å². The smallest absolute Gasteiger partial charge is 0.0639 e. The van der Waals surface area contributed by atoms with Crippen molar-refractivity contribution >= 4 is 0 Å². The van der Waals surface area contributed by atoms with Crippen LogP contribution < -0.4 is 5.32 Å². The number of piperidine rings is 1. The summed E-state index contributed by atoms with van der Waals surface area (Å²) in [7, 11) is 0. The molecule has 1 aliphatic rings. The monoisotopic (exact) mass is 258 g/mol. The topological polar surface area (TPSA) is 44.7 Å². The van der Waals surface area contributed by atoms with Crippen molar-refractivity contribution in [3.05, 3.63) is 0 Å². The molecule has 0 bridgehead atoms. The second kappa shape index (κ2) is 8.86. The molecular formula is C14H30N2O2. The minimum Gasteiger partial charge on any atom is -0.392 e. The lowest BCUT2D eigenvalue weighted by atomic mass is 9.96. The number of hydrogen-bond donors (Lipinski definition) is 2. The molecule has 2 N–H and O–H groups in total.